The average Bonchev–Trinajstić information content (AvgIpc) is 2.33. The minimum atomic E-state index is -0.787. The fourth-order valence-electron chi connectivity index (χ4n) is 1.87. The number of carboxylic acid groups (broad SMARTS) is 1. The van der Waals surface area contributed by atoms with E-state index in [0.717, 1.165) is 18.7 Å². The first-order valence-corrected chi connectivity index (χ1v) is 6.42. The molecule has 0 radical (unpaired) electrons. The summed E-state index contributed by atoms with van der Waals surface area (Å²) in [7, 11) is 1.64. The maximum atomic E-state index is 10.9. The monoisotopic (exact) mass is 265 g/mol. The Labute approximate surface area is 115 Å². The van der Waals surface area contributed by atoms with Crippen LogP contribution in [0.15, 0.2) is 24.3 Å². The van der Waals surface area contributed by atoms with E-state index in [1.165, 1.54) is 5.56 Å². The Hall–Kier alpha value is -1.55. The average molecular weight is 265 g/mol. The van der Waals surface area contributed by atoms with Crippen LogP contribution < -0.4 is 4.74 Å². The van der Waals surface area contributed by atoms with Crippen LogP contribution in [0.5, 0.6) is 5.75 Å². The van der Waals surface area contributed by atoms with Crippen molar-refractivity contribution in [3.05, 3.63) is 29.8 Å². The molecule has 4 heteroatoms. The van der Waals surface area contributed by atoms with Gasteiger partial charge in [0.2, 0.25) is 0 Å². The van der Waals surface area contributed by atoms with Crippen LogP contribution in [0.3, 0.4) is 0 Å². The normalized spacial score (nSPS) is 11.6. The number of carboxylic acids is 1. The highest BCUT2D eigenvalue weighted by atomic mass is 16.5. The fourth-order valence-corrected chi connectivity index (χ4v) is 1.87. The van der Waals surface area contributed by atoms with Crippen LogP contribution in [0.1, 0.15) is 26.3 Å². The topological polar surface area (TPSA) is 49.8 Å². The zero-order valence-corrected chi connectivity index (χ0v) is 12.1. The third-order valence-electron chi connectivity index (χ3n) is 3.10. The van der Waals surface area contributed by atoms with Gasteiger partial charge in [0.25, 0.3) is 0 Å². The minimum absolute atomic E-state index is 0.0691. The molecular weight excluding hydrogens is 242 g/mol. The molecule has 19 heavy (non-hydrogen) atoms. The van der Waals surface area contributed by atoms with Crippen molar-refractivity contribution < 1.29 is 14.6 Å². The van der Waals surface area contributed by atoms with E-state index < -0.39 is 5.97 Å². The SMILES string of the molecule is COc1ccc(CCN(CC(=O)O)C(C)(C)C)cc1. The maximum absolute atomic E-state index is 10.9. The maximum Gasteiger partial charge on any atom is 0.317 e. The number of ether oxygens (including phenoxy) is 1. The first-order valence-electron chi connectivity index (χ1n) is 6.42. The van der Waals surface area contributed by atoms with Crippen molar-refractivity contribution >= 4 is 5.97 Å². The van der Waals surface area contributed by atoms with Gasteiger partial charge in [-0.05, 0) is 44.9 Å². The molecule has 4 nitrogen and oxygen atoms in total. The minimum Gasteiger partial charge on any atom is -0.497 e. The highest BCUT2D eigenvalue weighted by molar-refractivity contribution is 5.69. The molecule has 106 valence electrons. The molecule has 1 rings (SSSR count). The number of hydrogen-bond donors (Lipinski definition) is 1. The van der Waals surface area contributed by atoms with E-state index in [-0.39, 0.29) is 12.1 Å². The molecule has 0 atom stereocenters. The van der Waals surface area contributed by atoms with E-state index in [2.05, 4.69) is 0 Å². The molecule has 0 heterocycles. The molecule has 0 fully saturated rings. The summed E-state index contributed by atoms with van der Waals surface area (Å²) in [6.45, 7) is 6.89. The number of methoxy groups -OCH3 is 1. The zero-order chi connectivity index (χ0) is 14.5. The standard InChI is InChI=1S/C15H23NO3/c1-15(2,3)16(11-14(17)18)10-9-12-5-7-13(19-4)8-6-12/h5-8H,9-11H2,1-4H3,(H,17,18). The third-order valence-corrected chi connectivity index (χ3v) is 3.10. The Kier molecular flexibility index (Phi) is 5.36. The highest BCUT2D eigenvalue weighted by Gasteiger charge is 2.22. The molecule has 0 aliphatic carbocycles. The summed E-state index contributed by atoms with van der Waals surface area (Å²) >= 11 is 0. The van der Waals surface area contributed by atoms with Gasteiger partial charge in [-0.15, -0.1) is 0 Å². The molecule has 0 saturated carbocycles. The van der Waals surface area contributed by atoms with E-state index in [0.29, 0.717) is 0 Å². The van der Waals surface area contributed by atoms with Gasteiger partial charge in [-0.3, -0.25) is 9.69 Å². The number of aliphatic carboxylic acids is 1. The molecular formula is C15H23NO3. The lowest BCUT2D eigenvalue weighted by Gasteiger charge is -2.34. The van der Waals surface area contributed by atoms with Crippen molar-refractivity contribution in [2.24, 2.45) is 0 Å². The van der Waals surface area contributed by atoms with Gasteiger partial charge in [-0.2, -0.15) is 0 Å². The molecule has 0 aliphatic rings. The molecule has 1 aromatic carbocycles. The summed E-state index contributed by atoms with van der Waals surface area (Å²) in [5, 5.41) is 8.95. The van der Waals surface area contributed by atoms with Crippen LogP contribution in [0.4, 0.5) is 0 Å². The Morgan fingerprint density at radius 3 is 2.26 bits per heavy atom. The number of hydrogen-bond acceptors (Lipinski definition) is 3. The number of carbonyl (C=O) groups is 1. The van der Waals surface area contributed by atoms with Gasteiger partial charge >= 0.3 is 5.97 Å². The lowest BCUT2D eigenvalue weighted by atomic mass is 10.0. The molecule has 0 saturated heterocycles. The van der Waals surface area contributed by atoms with Crippen LogP contribution in [0, 0.1) is 0 Å². The second-order valence-corrected chi connectivity index (χ2v) is 5.58. The van der Waals surface area contributed by atoms with E-state index in [1.807, 2.05) is 49.9 Å². The van der Waals surface area contributed by atoms with Crippen molar-refractivity contribution in [1.82, 2.24) is 4.90 Å². The first kappa shape index (κ1) is 15.5. The molecule has 1 aromatic rings. The fraction of sp³-hybridized carbons (Fsp3) is 0.533. The van der Waals surface area contributed by atoms with E-state index in [9.17, 15) is 4.79 Å². The molecule has 0 amide bonds. The Balaban J connectivity index is 2.62. The van der Waals surface area contributed by atoms with Gasteiger partial charge in [0.05, 0.1) is 13.7 Å². The quantitative estimate of drug-likeness (QED) is 0.858. The van der Waals surface area contributed by atoms with Crippen LogP contribution in [-0.4, -0.2) is 41.7 Å². The summed E-state index contributed by atoms with van der Waals surface area (Å²) < 4.78 is 5.11. The van der Waals surface area contributed by atoms with Crippen molar-refractivity contribution in [1.29, 1.82) is 0 Å². The van der Waals surface area contributed by atoms with Gasteiger partial charge in [-0.25, -0.2) is 0 Å². The largest absolute Gasteiger partial charge is 0.497 e. The summed E-state index contributed by atoms with van der Waals surface area (Å²) in [6.07, 6.45) is 0.828. The summed E-state index contributed by atoms with van der Waals surface area (Å²) in [5.41, 5.74) is 1.03. The van der Waals surface area contributed by atoms with Gasteiger partial charge in [0.15, 0.2) is 0 Å². The van der Waals surface area contributed by atoms with Crippen molar-refractivity contribution in [2.45, 2.75) is 32.7 Å². The molecule has 0 aromatic heterocycles. The van der Waals surface area contributed by atoms with Crippen LogP contribution in [-0.2, 0) is 11.2 Å². The summed E-state index contributed by atoms with van der Waals surface area (Å²) in [6, 6.07) is 7.88. The van der Waals surface area contributed by atoms with E-state index in [1.54, 1.807) is 7.11 Å². The zero-order valence-electron chi connectivity index (χ0n) is 12.1. The highest BCUT2D eigenvalue weighted by Crippen LogP contribution is 2.16. The molecule has 0 aliphatic heterocycles. The number of benzene rings is 1. The Morgan fingerprint density at radius 1 is 1.26 bits per heavy atom. The van der Waals surface area contributed by atoms with Gasteiger partial charge < -0.3 is 9.84 Å². The molecule has 0 unspecified atom stereocenters. The Morgan fingerprint density at radius 2 is 1.84 bits per heavy atom. The van der Waals surface area contributed by atoms with Crippen molar-refractivity contribution in [2.75, 3.05) is 20.2 Å². The summed E-state index contributed by atoms with van der Waals surface area (Å²) in [4.78, 5) is 12.9. The molecule has 0 bridgehead atoms. The van der Waals surface area contributed by atoms with Crippen molar-refractivity contribution in [3.8, 4) is 5.75 Å². The number of nitrogens with zero attached hydrogens (tertiary/aromatic N) is 1. The first-order chi connectivity index (χ1) is 8.82. The summed E-state index contributed by atoms with van der Waals surface area (Å²) in [5.74, 6) is 0.0478. The molecule has 0 spiro atoms. The predicted octanol–water partition coefficient (Wildman–Crippen LogP) is 2.42. The lowest BCUT2D eigenvalue weighted by molar-refractivity contribution is -0.139. The van der Waals surface area contributed by atoms with Crippen LogP contribution in [0.2, 0.25) is 0 Å². The van der Waals surface area contributed by atoms with E-state index >= 15 is 0 Å². The Bertz CT molecular complexity index is 406. The van der Waals surface area contributed by atoms with Crippen LogP contribution >= 0.6 is 0 Å². The predicted molar refractivity (Wildman–Crippen MR) is 75.7 cm³/mol. The second-order valence-electron chi connectivity index (χ2n) is 5.58. The lowest BCUT2D eigenvalue weighted by Crippen LogP contribution is -2.45. The van der Waals surface area contributed by atoms with Crippen LogP contribution in [0.25, 0.3) is 0 Å². The second kappa shape index (κ2) is 6.57. The number of rotatable bonds is 6. The van der Waals surface area contributed by atoms with E-state index in [4.69, 9.17) is 9.84 Å². The molecule has 1 N–H and O–H groups in total. The van der Waals surface area contributed by atoms with Gasteiger partial charge in [0.1, 0.15) is 5.75 Å². The van der Waals surface area contributed by atoms with Gasteiger partial charge in [0, 0.05) is 12.1 Å². The van der Waals surface area contributed by atoms with Gasteiger partial charge in [-0.1, -0.05) is 12.1 Å². The smallest absolute Gasteiger partial charge is 0.317 e. The van der Waals surface area contributed by atoms with Crippen molar-refractivity contribution in [3.63, 3.8) is 0 Å². The third kappa shape index (κ3) is 5.30.